The topological polar surface area (TPSA) is 181 Å². The molecule has 3 aromatic heterocycles. The monoisotopic (exact) mass is 751 g/mol. The number of H-pyrrole nitrogens is 1. The molecule has 1 atom stereocenters. The van der Waals surface area contributed by atoms with Gasteiger partial charge in [-0.05, 0) is 93.1 Å². The summed E-state index contributed by atoms with van der Waals surface area (Å²) in [6.45, 7) is 17.9. The third-order valence-corrected chi connectivity index (χ3v) is 12.3. The molecule has 0 radical (unpaired) electrons. The lowest BCUT2D eigenvalue weighted by Crippen LogP contribution is -2.47. The second-order valence-corrected chi connectivity index (χ2v) is 18.6. The Balaban J connectivity index is 1.06. The molecule has 2 fully saturated rings. The number of ether oxygens (including phenoxy) is 3. The van der Waals surface area contributed by atoms with E-state index in [0.717, 1.165) is 50.0 Å². The zero-order chi connectivity index (χ0) is 38.1. The number of fused-ring (bicyclic) bond motifs is 1. The molecular formula is C37H53N9O6S. The average molecular weight is 752 g/mol. The number of aliphatic hydroxyl groups is 1. The minimum atomic E-state index is -3.80. The smallest absolute Gasteiger partial charge is 0.225 e. The number of likely N-dealkylation sites (tertiary alicyclic amines) is 1. The molecule has 6 rings (SSSR count). The average Bonchev–Trinajstić information content (AvgIpc) is 3.42. The van der Waals surface area contributed by atoms with Gasteiger partial charge in [-0.2, -0.15) is 5.10 Å². The third-order valence-electron chi connectivity index (χ3n) is 9.82. The molecule has 4 aromatic rings. The van der Waals surface area contributed by atoms with Crippen molar-refractivity contribution in [2.24, 2.45) is 5.92 Å². The van der Waals surface area contributed by atoms with Gasteiger partial charge in [-0.1, -0.05) is 0 Å². The highest BCUT2D eigenvalue weighted by atomic mass is 32.2. The SMILES string of the molecule is Cc1[nH]nc(Nc2ncnc3cc(OCC4CCN(c5ncc(OC6CCN(C(O)OC(C)(C)C)CC6)cn5)CC4)c(S(=O)(=O)C(C)(C)C)cc23)c1C. The lowest BCUT2D eigenvalue weighted by molar-refractivity contribution is -0.244. The first kappa shape index (κ1) is 38.6. The number of aryl methyl sites for hydroxylation is 1. The zero-order valence-electron chi connectivity index (χ0n) is 32.0. The summed E-state index contributed by atoms with van der Waals surface area (Å²) >= 11 is 0. The van der Waals surface area contributed by atoms with Crippen LogP contribution in [-0.2, 0) is 14.6 Å². The summed E-state index contributed by atoms with van der Waals surface area (Å²) in [4.78, 5) is 22.2. The first-order chi connectivity index (χ1) is 25.0. The lowest BCUT2D eigenvalue weighted by atomic mass is 9.98. The molecule has 2 aliphatic heterocycles. The minimum Gasteiger partial charge on any atom is -0.492 e. The fourth-order valence-corrected chi connectivity index (χ4v) is 7.69. The van der Waals surface area contributed by atoms with E-state index >= 15 is 0 Å². The van der Waals surface area contributed by atoms with Crippen LogP contribution in [0.2, 0.25) is 0 Å². The molecular weight excluding hydrogens is 699 g/mol. The van der Waals surface area contributed by atoms with Crippen molar-refractivity contribution in [1.29, 1.82) is 0 Å². The normalized spacial score (nSPS) is 17.6. The number of piperidine rings is 2. The van der Waals surface area contributed by atoms with Gasteiger partial charge in [0.15, 0.2) is 21.4 Å². The molecule has 15 nitrogen and oxygen atoms in total. The first-order valence-corrected chi connectivity index (χ1v) is 19.7. The predicted octanol–water partition coefficient (Wildman–Crippen LogP) is 5.31. The molecule has 0 aliphatic carbocycles. The van der Waals surface area contributed by atoms with Crippen LogP contribution in [0.3, 0.4) is 0 Å². The molecule has 5 heterocycles. The van der Waals surface area contributed by atoms with E-state index in [4.69, 9.17) is 14.2 Å². The van der Waals surface area contributed by atoms with Crippen molar-refractivity contribution < 1.29 is 27.7 Å². The van der Waals surface area contributed by atoms with Gasteiger partial charge in [-0.3, -0.25) is 10.00 Å². The van der Waals surface area contributed by atoms with Crippen LogP contribution in [0, 0.1) is 19.8 Å². The van der Waals surface area contributed by atoms with Crippen molar-refractivity contribution in [1.82, 2.24) is 35.0 Å². The summed E-state index contributed by atoms with van der Waals surface area (Å²) in [5.74, 6) is 2.83. The van der Waals surface area contributed by atoms with E-state index in [0.29, 0.717) is 53.9 Å². The second kappa shape index (κ2) is 15.3. The largest absolute Gasteiger partial charge is 0.492 e. The lowest BCUT2D eigenvalue weighted by Gasteiger charge is -2.37. The van der Waals surface area contributed by atoms with E-state index in [1.54, 1.807) is 45.3 Å². The number of nitrogens with one attached hydrogen (secondary N) is 2. The Morgan fingerprint density at radius 2 is 1.62 bits per heavy atom. The third kappa shape index (κ3) is 8.99. The maximum Gasteiger partial charge on any atom is 0.225 e. The summed E-state index contributed by atoms with van der Waals surface area (Å²) in [5.41, 5.74) is 2.00. The number of anilines is 3. The van der Waals surface area contributed by atoms with E-state index < -0.39 is 26.6 Å². The van der Waals surface area contributed by atoms with Crippen molar-refractivity contribution in [2.45, 2.75) is 109 Å². The standard InChI is InChI=1S/C37H53N9O6S/c1-23-24(2)43-44-32(23)42-33-28-17-31(53(48,49)37(6,7)8)30(18-29(28)40-22-41-33)50-21-25-9-13-45(14-10-25)34-38-19-27(20-39-34)51-26-11-15-46(16-12-26)35(47)52-36(3,4)5/h17-20,22,25-26,35,47H,9-16,21H2,1-8H3,(H2,40,41,42,43,44). The van der Waals surface area contributed by atoms with Gasteiger partial charge < -0.3 is 29.5 Å². The number of aromatic nitrogens is 6. The predicted molar refractivity (Wildman–Crippen MR) is 202 cm³/mol. The van der Waals surface area contributed by atoms with Crippen LogP contribution in [-0.4, -0.2) is 104 Å². The van der Waals surface area contributed by atoms with Gasteiger partial charge in [0, 0.05) is 48.9 Å². The summed E-state index contributed by atoms with van der Waals surface area (Å²) < 4.78 is 45.0. The van der Waals surface area contributed by atoms with Crippen molar-refractivity contribution in [3.8, 4) is 11.5 Å². The Morgan fingerprint density at radius 1 is 0.943 bits per heavy atom. The van der Waals surface area contributed by atoms with Crippen molar-refractivity contribution in [3.05, 3.63) is 42.1 Å². The summed E-state index contributed by atoms with van der Waals surface area (Å²) in [7, 11) is -3.80. The number of rotatable bonds is 11. The van der Waals surface area contributed by atoms with E-state index in [1.165, 1.54) is 6.33 Å². The maximum absolute atomic E-state index is 13.9. The van der Waals surface area contributed by atoms with Gasteiger partial charge in [0.05, 0.1) is 34.9 Å². The molecule has 2 saturated heterocycles. The van der Waals surface area contributed by atoms with Gasteiger partial charge in [0.1, 0.15) is 28.9 Å². The molecule has 288 valence electrons. The van der Waals surface area contributed by atoms with Crippen molar-refractivity contribution in [2.75, 3.05) is 43.0 Å². The van der Waals surface area contributed by atoms with Gasteiger partial charge in [-0.25, -0.2) is 28.4 Å². The molecule has 2 aliphatic rings. The molecule has 3 N–H and O–H groups in total. The highest BCUT2D eigenvalue weighted by Crippen LogP contribution is 2.38. The Morgan fingerprint density at radius 3 is 2.23 bits per heavy atom. The van der Waals surface area contributed by atoms with Crippen LogP contribution in [0.4, 0.5) is 17.6 Å². The van der Waals surface area contributed by atoms with Crippen molar-refractivity contribution >= 4 is 38.3 Å². The van der Waals surface area contributed by atoms with Gasteiger partial charge in [-0.15, -0.1) is 0 Å². The fraction of sp³-hybridized carbons (Fsp3) is 0.595. The number of sulfone groups is 1. The molecule has 16 heteroatoms. The van der Waals surface area contributed by atoms with Crippen LogP contribution < -0.4 is 19.7 Å². The van der Waals surface area contributed by atoms with Crippen LogP contribution in [0.15, 0.2) is 35.7 Å². The Kier molecular flexibility index (Phi) is 11.2. The molecule has 0 saturated carbocycles. The van der Waals surface area contributed by atoms with Gasteiger partial charge in [0.25, 0.3) is 0 Å². The van der Waals surface area contributed by atoms with Crippen LogP contribution in [0.1, 0.15) is 78.5 Å². The number of benzene rings is 1. The number of aliphatic hydroxyl groups excluding tert-OH is 1. The quantitative estimate of drug-likeness (QED) is 0.168. The fourth-order valence-electron chi connectivity index (χ4n) is 6.37. The summed E-state index contributed by atoms with van der Waals surface area (Å²) in [6.07, 6.45) is 7.17. The number of aromatic amines is 1. The number of nitrogens with zero attached hydrogens (tertiary/aromatic N) is 7. The minimum absolute atomic E-state index is 0.0152. The Labute approximate surface area is 311 Å². The number of hydrogen-bond acceptors (Lipinski definition) is 14. The van der Waals surface area contributed by atoms with Crippen LogP contribution in [0.25, 0.3) is 10.9 Å². The number of hydrogen-bond donors (Lipinski definition) is 3. The van der Waals surface area contributed by atoms with Gasteiger partial charge >= 0.3 is 0 Å². The van der Waals surface area contributed by atoms with Crippen molar-refractivity contribution in [3.63, 3.8) is 0 Å². The van der Waals surface area contributed by atoms with Gasteiger partial charge in [0.2, 0.25) is 12.4 Å². The molecule has 0 bridgehead atoms. The molecule has 1 aromatic carbocycles. The Bertz CT molecular complexity index is 1980. The van der Waals surface area contributed by atoms with E-state index in [2.05, 4.69) is 40.3 Å². The molecule has 0 spiro atoms. The molecule has 53 heavy (non-hydrogen) atoms. The summed E-state index contributed by atoms with van der Waals surface area (Å²) in [5, 5.41) is 21.5. The zero-order valence-corrected chi connectivity index (χ0v) is 32.8. The maximum atomic E-state index is 13.9. The highest BCUT2D eigenvalue weighted by Gasteiger charge is 2.35. The molecule has 0 amide bonds. The summed E-state index contributed by atoms with van der Waals surface area (Å²) in [6, 6.07) is 3.32. The van der Waals surface area contributed by atoms with E-state index in [1.807, 2.05) is 39.5 Å². The molecule has 1 unspecified atom stereocenters. The first-order valence-electron chi connectivity index (χ1n) is 18.3. The van der Waals surface area contributed by atoms with Crippen LogP contribution in [0.5, 0.6) is 11.5 Å². The van der Waals surface area contributed by atoms with E-state index in [-0.39, 0.29) is 22.7 Å². The Hall–Kier alpha value is -4.12. The van der Waals surface area contributed by atoms with Crippen LogP contribution >= 0.6 is 0 Å². The highest BCUT2D eigenvalue weighted by molar-refractivity contribution is 7.92. The van der Waals surface area contributed by atoms with E-state index in [9.17, 15) is 13.5 Å². The second-order valence-electron chi connectivity index (χ2n) is 16.0.